The minimum atomic E-state index is -1.30. The first-order valence-electron chi connectivity index (χ1n) is 15.6. The Kier molecular flexibility index (Phi) is 9.90. The molecular weight excluding hydrogens is 695 g/mol. The molecule has 2 unspecified atom stereocenters. The molecule has 0 saturated heterocycles. The molecular formula is C42H32Cl2N2Zr. The van der Waals surface area contributed by atoms with Gasteiger partial charge in [0.25, 0.3) is 0 Å². The summed E-state index contributed by atoms with van der Waals surface area (Å²) in [6.07, 6.45) is 8.93. The third-order valence-electron chi connectivity index (χ3n) is 9.10. The number of halogens is 2. The number of aromatic nitrogens is 2. The zero-order valence-electron chi connectivity index (χ0n) is 26.2. The topological polar surface area (TPSA) is 25.8 Å². The summed E-state index contributed by atoms with van der Waals surface area (Å²) in [5.74, 6) is 0.340. The van der Waals surface area contributed by atoms with Gasteiger partial charge in [0.1, 0.15) is 0 Å². The molecule has 0 amide bonds. The maximum absolute atomic E-state index is 4.93. The van der Waals surface area contributed by atoms with E-state index in [1.54, 1.807) is 6.56 Å². The van der Waals surface area contributed by atoms with Gasteiger partial charge in [-0.2, -0.15) is 0 Å². The molecule has 2 aliphatic rings. The molecule has 0 saturated carbocycles. The van der Waals surface area contributed by atoms with E-state index in [1.165, 1.54) is 55.6 Å². The molecule has 47 heavy (non-hydrogen) atoms. The van der Waals surface area contributed by atoms with E-state index in [2.05, 4.69) is 135 Å². The standard InChI is InChI=1S/2C21H16N.2ClH.Zr/c2*1-15-8-10-16(11-9-15)17-5-4-6-18-19(17)12-13-20(18)21-7-2-3-14-22-21;;;/h2*2-12,14,20H,1H3;2*1H;/q;;;;+2/p-2. The molecule has 0 radical (unpaired) electrons. The summed E-state index contributed by atoms with van der Waals surface area (Å²) in [6.45, 7) is 4.30. The molecule has 5 heteroatoms. The molecule has 8 rings (SSSR count). The predicted octanol–water partition coefficient (Wildman–Crippen LogP) is 4.19. The van der Waals surface area contributed by atoms with Crippen LogP contribution in [0.25, 0.3) is 34.4 Å². The van der Waals surface area contributed by atoms with E-state index in [1.807, 2.05) is 24.5 Å². The van der Waals surface area contributed by atoms with Crippen LogP contribution in [0, 0.1) is 13.8 Å². The van der Waals surface area contributed by atoms with Gasteiger partial charge in [-0.05, 0) is 0 Å². The van der Waals surface area contributed by atoms with Crippen LogP contribution in [-0.2, 0) is 23.2 Å². The van der Waals surface area contributed by atoms with E-state index in [-0.39, 0.29) is 36.6 Å². The second-order valence-electron chi connectivity index (χ2n) is 12.0. The maximum atomic E-state index is 4.93. The summed E-state index contributed by atoms with van der Waals surface area (Å²) >= 11 is -1.30. The predicted molar refractivity (Wildman–Crippen MR) is 181 cm³/mol. The van der Waals surface area contributed by atoms with Gasteiger partial charge in [0, 0.05) is 0 Å². The van der Waals surface area contributed by atoms with Gasteiger partial charge in [-0.3, -0.25) is 0 Å². The normalized spacial score (nSPS) is 15.7. The van der Waals surface area contributed by atoms with Crippen molar-refractivity contribution in [2.24, 2.45) is 0 Å². The van der Waals surface area contributed by atoms with Crippen LogP contribution in [0.5, 0.6) is 0 Å². The zero-order chi connectivity index (χ0) is 30.3. The van der Waals surface area contributed by atoms with Gasteiger partial charge in [0.05, 0.1) is 0 Å². The monoisotopic (exact) mass is 724 g/mol. The summed E-state index contributed by atoms with van der Waals surface area (Å²) < 4.78 is 3.09. The number of hydrogen-bond donors (Lipinski definition) is 0. The van der Waals surface area contributed by atoms with E-state index in [9.17, 15) is 0 Å². The Bertz CT molecular complexity index is 1940. The molecule has 6 aromatic rings. The number of benzene rings is 4. The first-order valence-corrected chi connectivity index (χ1v) is 18.0. The molecule has 4 aromatic carbocycles. The van der Waals surface area contributed by atoms with Crippen molar-refractivity contribution in [3.63, 3.8) is 0 Å². The largest absolute Gasteiger partial charge is 1.00 e. The van der Waals surface area contributed by atoms with Crippen LogP contribution < -0.4 is 24.8 Å². The smallest absolute Gasteiger partial charge is 1.00 e. The molecule has 0 aliphatic heterocycles. The second-order valence-corrected chi connectivity index (χ2v) is 15.5. The Morgan fingerprint density at radius 1 is 0.468 bits per heavy atom. The third-order valence-corrected chi connectivity index (χ3v) is 12.7. The number of fused-ring (bicyclic) bond motifs is 2. The van der Waals surface area contributed by atoms with Gasteiger partial charge in [0.2, 0.25) is 0 Å². The molecule has 2 nitrogen and oxygen atoms in total. The molecule has 2 atom stereocenters. The molecule has 0 fully saturated rings. The van der Waals surface area contributed by atoms with Gasteiger partial charge >= 0.3 is 278 Å². The van der Waals surface area contributed by atoms with E-state index in [0.717, 1.165) is 11.4 Å². The van der Waals surface area contributed by atoms with E-state index in [4.69, 9.17) is 9.97 Å². The van der Waals surface area contributed by atoms with Crippen molar-refractivity contribution in [2.45, 2.75) is 25.7 Å². The summed E-state index contributed by atoms with van der Waals surface area (Å²) in [5, 5.41) is 0. The zero-order valence-corrected chi connectivity index (χ0v) is 30.1. The summed E-state index contributed by atoms with van der Waals surface area (Å²) in [6, 6.07) is 44.2. The quantitative estimate of drug-likeness (QED) is 0.258. The Labute approximate surface area is 301 Å². The maximum Gasteiger partial charge on any atom is -1.00 e. The fraction of sp³-hybridized carbons (Fsp3) is 0.0952. The van der Waals surface area contributed by atoms with Crippen molar-refractivity contribution in [3.8, 4) is 22.3 Å². The van der Waals surface area contributed by atoms with Crippen LogP contribution in [0.15, 0.2) is 140 Å². The van der Waals surface area contributed by atoms with Crippen molar-refractivity contribution < 1.29 is 48.0 Å². The molecule has 0 N–H and O–H groups in total. The first kappa shape index (κ1) is 33.0. The second kappa shape index (κ2) is 14.1. The average Bonchev–Trinajstić information content (AvgIpc) is 3.64. The molecule has 2 aliphatic carbocycles. The third kappa shape index (κ3) is 6.25. The Hall–Kier alpha value is -3.88. The number of allylic oxidation sites excluding steroid dienone is 2. The minimum Gasteiger partial charge on any atom is -1.00 e. The SMILES string of the molecule is Cc1ccc(-c2cccc3c2C=[C]([Zr+2][C]2=Cc4c(-c5ccc(C)cc5)cccc4C2c2ccccn2)C3c2ccccn2)cc1.[Cl-].[Cl-]. The number of pyridine rings is 2. The summed E-state index contributed by atoms with van der Waals surface area (Å²) in [7, 11) is 0. The Morgan fingerprint density at radius 3 is 1.28 bits per heavy atom. The number of hydrogen-bond acceptors (Lipinski definition) is 2. The van der Waals surface area contributed by atoms with Crippen molar-refractivity contribution in [2.75, 3.05) is 0 Å². The number of rotatable bonds is 6. The first-order chi connectivity index (χ1) is 22.1. The minimum absolute atomic E-state index is 0. The molecule has 2 heterocycles. The molecule has 0 bridgehead atoms. The van der Waals surface area contributed by atoms with Crippen LogP contribution in [0.3, 0.4) is 0 Å². The van der Waals surface area contributed by atoms with Gasteiger partial charge < -0.3 is 24.8 Å². The van der Waals surface area contributed by atoms with E-state index in [0.29, 0.717) is 0 Å². The van der Waals surface area contributed by atoms with E-state index >= 15 is 0 Å². The molecule has 228 valence electrons. The average molecular weight is 727 g/mol. The van der Waals surface area contributed by atoms with Crippen LogP contribution in [-0.4, -0.2) is 9.97 Å². The van der Waals surface area contributed by atoms with Gasteiger partial charge in [-0.25, -0.2) is 0 Å². The van der Waals surface area contributed by atoms with Crippen molar-refractivity contribution in [3.05, 3.63) is 185 Å². The number of nitrogens with zero attached hydrogens (tertiary/aromatic N) is 2. The van der Waals surface area contributed by atoms with Gasteiger partial charge in [-0.15, -0.1) is 0 Å². The Morgan fingerprint density at radius 2 is 0.894 bits per heavy atom. The van der Waals surface area contributed by atoms with Crippen LogP contribution in [0.2, 0.25) is 0 Å². The van der Waals surface area contributed by atoms with Gasteiger partial charge in [-0.1, -0.05) is 0 Å². The van der Waals surface area contributed by atoms with E-state index < -0.39 is 23.2 Å². The van der Waals surface area contributed by atoms with Crippen LogP contribution in [0.4, 0.5) is 0 Å². The van der Waals surface area contributed by atoms with Gasteiger partial charge in [0.15, 0.2) is 0 Å². The molecule has 2 aromatic heterocycles. The summed E-state index contributed by atoms with van der Waals surface area (Å²) in [5.41, 5.74) is 15.4. The fourth-order valence-corrected chi connectivity index (χ4v) is 11.0. The van der Waals surface area contributed by atoms with Crippen molar-refractivity contribution in [1.82, 2.24) is 9.97 Å². The summed E-state index contributed by atoms with van der Waals surface area (Å²) in [4.78, 5) is 9.86. The van der Waals surface area contributed by atoms with Crippen LogP contribution in [0.1, 0.15) is 56.6 Å². The number of aryl methyl sites for hydroxylation is 2. The van der Waals surface area contributed by atoms with Crippen molar-refractivity contribution >= 4 is 12.2 Å². The fourth-order valence-electron chi connectivity index (χ4n) is 6.89. The molecule has 0 spiro atoms. The Balaban J connectivity index is 0.00000193. The van der Waals surface area contributed by atoms with Crippen molar-refractivity contribution in [1.29, 1.82) is 0 Å². The van der Waals surface area contributed by atoms with Crippen LogP contribution >= 0.6 is 0 Å².